The van der Waals surface area contributed by atoms with Crippen LogP contribution in [0.4, 0.5) is 15.8 Å². The van der Waals surface area contributed by atoms with E-state index in [9.17, 15) is 9.18 Å². The number of hydrogen-bond acceptors (Lipinski definition) is 3. The Hall–Kier alpha value is -2.40. The van der Waals surface area contributed by atoms with Gasteiger partial charge in [-0.1, -0.05) is 24.6 Å². The SMILES string of the molecule is O=C(CO)Nc1cccc(NC2CCCC2c2ccc(F)cc2)c1. The van der Waals surface area contributed by atoms with Crippen LogP contribution >= 0.6 is 0 Å². The van der Waals surface area contributed by atoms with Crippen LogP contribution in [-0.4, -0.2) is 23.7 Å². The molecule has 1 aliphatic rings. The predicted octanol–water partition coefficient (Wildman–Crippen LogP) is 3.50. The first-order valence-electron chi connectivity index (χ1n) is 8.18. The molecule has 1 amide bonds. The number of rotatable bonds is 5. The molecular weight excluding hydrogens is 307 g/mol. The van der Waals surface area contributed by atoms with E-state index >= 15 is 0 Å². The number of hydrogen-bond donors (Lipinski definition) is 3. The van der Waals surface area contributed by atoms with Crippen molar-refractivity contribution in [2.45, 2.75) is 31.2 Å². The van der Waals surface area contributed by atoms with E-state index in [0.29, 0.717) is 11.6 Å². The van der Waals surface area contributed by atoms with Crippen LogP contribution in [0.5, 0.6) is 0 Å². The maximum absolute atomic E-state index is 13.1. The van der Waals surface area contributed by atoms with Crippen LogP contribution < -0.4 is 10.6 Å². The largest absolute Gasteiger partial charge is 0.387 e. The monoisotopic (exact) mass is 328 g/mol. The first kappa shape index (κ1) is 16.5. The van der Waals surface area contributed by atoms with Gasteiger partial charge in [0, 0.05) is 23.3 Å². The van der Waals surface area contributed by atoms with E-state index < -0.39 is 12.5 Å². The van der Waals surface area contributed by atoms with E-state index in [0.717, 1.165) is 30.5 Å². The van der Waals surface area contributed by atoms with Gasteiger partial charge in [0.25, 0.3) is 0 Å². The predicted molar refractivity (Wildman–Crippen MR) is 92.6 cm³/mol. The molecule has 3 rings (SSSR count). The highest BCUT2D eigenvalue weighted by Gasteiger charge is 2.28. The summed E-state index contributed by atoms with van der Waals surface area (Å²) in [6.45, 7) is -0.535. The summed E-state index contributed by atoms with van der Waals surface area (Å²) >= 11 is 0. The molecule has 1 aliphatic carbocycles. The molecule has 1 fully saturated rings. The van der Waals surface area contributed by atoms with E-state index in [-0.39, 0.29) is 11.9 Å². The number of halogens is 1. The van der Waals surface area contributed by atoms with Crippen molar-refractivity contribution in [2.24, 2.45) is 0 Å². The maximum atomic E-state index is 13.1. The zero-order valence-electron chi connectivity index (χ0n) is 13.3. The van der Waals surface area contributed by atoms with Crippen LogP contribution in [0.3, 0.4) is 0 Å². The van der Waals surface area contributed by atoms with Crippen LogP contribution in [0.15, 0.2) is 48.5 Å². The molecule has 0 aliphatic heterocycles. The molecule has 0 saturated heterocycles. The molecular formula is C19H21FN2O2. The van der Waals surface area contributed by atoms with E-state index in [1.54, 1.807) is 6.07 Å². The number of carbonyl (C=O) groups excluding carboxylic acids is 1. The lowest BCUT2D eigenvalue weighted by molar-refractivity contribution is -0.118. The van der Waals surface area contributed by atoms with Gasteiger partial charge in [-0.2, -0.15) is 0 Å². The zero-order chi connectivity index (χ0) is 16.9. The molecule has 1 saturated carbocycles. The number of benzene rings is 2. The summed E-state index contributed by atoms with van der Waals surface area (Å²) in [5.74, 6) is -0.299. The third-order valence-corrected chi connectivity index (χ3v) is 4.46. The second-order valence-corrected chi connectivity index (χ2v) is 6.13. The lowest BCUT2D eigenvalue weighted by Gasteiger charge is -2.23. The van der Waals surface area contributed by atoms with E-state index in [1.165, 1.54) is 12.1 Å². The maximum Gasteiger partial charge on any atom is 0.250 e. The Labute approximate surface area is 140 Å². The number of carbonyl (C=O) groups is 1. The first-order chi connectivity index (χ1) is 11.7. The van der Waals surface area contributed by atoms with Crippen molar-refractivity contribution in [3.05, 3.63) is 59.9 Å². The van der Waals surface area contributed by atoms with Crippen LogP contribution in [-0.2, 0) is 4.79 Å². The van der Waals surface area contributed by atoms with Gasteiger partial charge >= 0.3 is 0 Å². The quantitative estimate of drug-likeness (QED) is 0.787. The van der Waals surface area contributed by atoms with Gasteiger partial charge < -0.3 is 15.7 Å². The molecule has 0 radical (unpaired) electrons. The highest BCUT2D eigenvalue weighted by atomic mass is 19.1. The minimum Gasteiger partial charge on any atom is -0.387 e. The Balaban J connectivity index is 1.71. The highest BCUT2D eigenvalue weighted by Crippen LogP contribution is 2.36. The lowest BCUT2D eigenvalue weighted by atomic mass is 9.94. The van der Waals surface area contributed by atoms with E-state index in [1.807, 2.05) is 30.3 Å². The minimum absolute atomic E-state index is 0.214. The second-order valence-electron chi connectivity index (χ2n) is 6.13. The Morgan fingerprint density at radius 2 is 1.88 bits per heavy atom. The molecule has 0 spiro atoms. The van der Waals surface area contributed by atoms with Crippen LogP contribution in [0, 0.1) is 5.82 Å². The number of nitrogens with one attached hydrogen (secondary N) is 2. The standard InChI is InChI=1S/C19H21FN2O2/c20-14-9-7-13(8-10-14)17-5-2-6-18(17)21-15-3-1-4-16(11-15)22-19(24)12-23/h1,3-4,7-11,17-18,21,23H,2,5-6,12H2,(H,22,24). The van der Waals surface area contributed by atoms with Gasteiger partial charge in [0.1, 0.15) is 12.4 Å². The fraction of sp³-hybridized carbons (Fsp3) is 0.316. The van der Waals surface area contributed by atoms with Gasteiger partial charge in [-0.3, -0.25) is 4.79 Å². The molecule has 2 atom stereocenters. The molecule has 4 nitrogen and oxygen atoms in total. The smallest absolute Gasteiger partial charge is 0.250 e. The summed E-state index contributed by atoms with van der Waals surface area (Å²) in [5, 5.41) is 15.0. The molecule has 24 heavy (non-hydrogen) atoms. The van der Waals surface area contributed by atoms with E-state index in [2.05, 4.69) is 10.6 Å². The molecule has 3 N–H and O–H groups in total. The Kier molecular flexibility index (Phi) is 5.11. The average molecular weight is 328 g/mol. The second kappa shape index (κ2) is 7.45. The van der Waals surface area contributed by atoms with Gasteiger partial charge in [-0.15, -0.1) is 0 Å². The number of aliphatic hydroxyl groups is 1. The van der Waals surface area contributed by atoms with Crippen molar-refractivity contribution in [2.75, 3.05) is 17.2 Å². The highest BCUT2D eigenvalue weighted by molar-refractivity contribution is 5.91. The first-order valence-corrected chi connectivity index (χ1v) is 8.18. The molecule has 0 bridgehead atoms. The fourth-order valence-electron chi connectivity index (χ4n) is 3.34. The summed E-state index contributed by atoms with van der Waals surface area (Å²) in [4.78, 5) is 11.3. The lowest BCUT2D eigenvalue weighted by Crippen LogP contribution is -2.22. The third kappa shape index (κ3) is 3.92. The van der Waals surface area contributed by atoms with Crippen LogP contribution in [0.25, 0.3) is 0 Å². The summed E-state index contributed by atoms with van der Waals surface area (Å²) in [6.07, 6.45) is 3.25. The Morgan fingerprint density at radius 1 is 1.12 bits per heavy atom. The van der Waals surface area contributed by atoms with Crippen molar-refractivity contribution in [1.29, 1.82) is 0 Å². The normalized spacial score (nSPS) is 19.9. The third-order valence-electron chi connectivity index (χ3n) is 4.46. The average Bonchev–Trinajstić information content (AvgIpc) is 3.04. The molecule has 2 aromatic rings. The van der Waals surface area contributed by atoms with Crippen molar-refractivity contribution >= 4 is 17.3 Å². The van der Waals surface area contributed by atoms with Crippen molar-refractivity contribution < 1.29 is 14.3 Å². The number of amides is 1. The van der Waals surface area contributed by atoms with Gasteiger partial charge in [0.05, 0.1) is 0 Å². The van der Waals surface area contributed by atoms with Crippen LogP contribution in [0.1, 0.15) is 30.7 Å². The number of anilines is 2. The van der Waals surface area contributed by atoms with Gasteiger partial charge in [0.2, 0.25) is 5.91 Å². The van der Waals surface area contributed by atoms with Crippen molar-refractivity contribution in [1.82, 2.24) is 0 Å². The zero-order valence-corrected chi connectivity index (χ0v) is 13.3. The fourth-order valence-corrected chi connectivity index (χ4v) is 3.34. The molecule has 126 valence electrons. The van der Waals surface area contributed by atoms with Gasteiger partial charge in [0.15, 0.2) is 0 Å². The summed E-state index contributed by atoms with van der Waals surface area (Å²) in [6, 6.07) is 14.5. The number of aliphatic hydroxyl groups excluding tert-OH is 1. The summed E-state index contributed by atoms with van der Waals surface area (Å²) < 4.78 is 13.1. The van der Waals surface area contributed by atoms with Crippen molar-refractivity contribution in [3.8, 4) is 0 Å². The molecule has 0 aromatic heterocycles. The molecule has 0 heterocycles. The molecule has 2 aromatic carbocycles. The van der Waals surface area contributed by atoms with Gasteiger partial charge in [-0.05, 0) is 48.7 Å². The molecule has 2 unspecified atom stereocenters. The van der Waals surface area contributed by atoms with Crippen LogP contribution in [0.2, 0.25) is 0 Å². The van der Waals surface area contributed by atoms with E-state index in [4.69, 9.17) is 5.11 Å². The van der Waals surface area contributed by atoms with Gasteiger partial charge in [-0.25, -0.2) is 4.39 Å². The summed E-state index contributed by atoms with van der Waals surface area (Å²) in [5.41, 5.74) is 2.72. The minimum atomic E-state index is -0.535. The van der Waals surface area contributed by atoms with Crippen molar-refractivity contribution in [3.63, 3.8) is 0 Å². The topological polar surface area (TPSA) is 61.4 Å². The molecule has 5 heteroatoms. The summed E-state index contributed by atoms with van der Waals surface area (Å²) in [7, 11) is 0. The Bertz CT molecular complexity index is 703. The Morgan fingerprint density at radius 3 is 2.62 bits per heavy atom.